The van der Waals surface area contributed by atoms with E-state index in [4.69, 9.17) is 11.6 Å². The van der Waals surface area contributed by atoms with Crippen LogP contribution < -0.4 is 4.72 Å². The van der Waals surface area contributed by atoms with Crippen LogP contribution in [0.4, 0.5) is 0 Å². The first-order valence-corrected chi connectivity index (χ1v) is 11.6. The summed E-state index contributed by atoms with van der Waals surface area (Å²) in [5.41, 5.74) is 0.641. The number of carbonyl (C=O) groups excluding carboxylic acids is 2. The maximum Gasteiger partial charge on any atom is 0.256 e. The zero-order valence-corrected chi connectivity index (χ0v) is 17.4. The van der Waals surface area contributed by atoms with Crippen molar-refractivity contribution in [2.24, 2.45) is 0 Å². The lowest BCUT2D eigenvalue weighted by molar-refractivity contribution is -0.142. The van der Waals surface area contributed by atoms with Crippen LogP contribution in [0, 0.1) is 0 Å². The summed E-state index contributed by atoms with van der Waals surface area (Å²) in [6, 6.07) is 5.66. The molecule has 29 heavy (non-hydrogen) atoms. The van der Waals surface area contributed by atoms with Crippen LogP contribution in [0.2, 0.25) is 5.02 Å². The molecule has 2 aliphatic heterocycles. The number of nitrogens with zero attached hydrogens (tertiary/aromatic N) is 2. The minimum atomic E-state index is -3.93. The summed E-state index contributed by atoms with van der Waals surface area (Å²) in [4.78, 5) is 31.3. The van der Waals surface area contributed by atoms with E-state index in [-0.39, 0.29) is 23.4 Å². The van der Waals surface area contributed by atoms with Gasteiger partial charge in [0, 0.05) is 35.6 Å². The number of benzene rings is 1. The molecule has 10 heteroatoms. The van der Waals surface area contributed by atoms with Gasteiger partial charge in [0.2, 0.25) is 11.8 Å². The van der Waals surface area contributed by atoms with E-state index in [0.717, 1.165) is 25.9 Å². The number of aromatic nitrogens is 1. The number of hydrogen-bond acceptors (Lipinski definition) is 4. The Morgan fingerprint density at radius 3 is 2.69 bits per heavy atom. The van der Waals surface area contributed by atoms with Crippen molar-refractivity contribution in [3.05, 3.63) is 29.3 Å². The van der Waals surface area contributed by atoms with E-state index in [1.165, 1.54) is 11.0 Å². The van der Waals surface area contributed by atoms with Crippen molar-refractivity contribution in [2.45, 2.75) is 36.8 Å². The Morgan fingerprint density at radius 2 is 1.93 bits per heavy atom. The molecule has 2 saturated heterocycles. The number of carbonyl (C=O) groups is 2. The molecule has 4 rings (SSSR count). The maximum absolute atomic E-state index is 12.8. The summed E-state index contributed by atoms with van der Waals surface area (Å²) in [6.07, 6.45) is 3.00. The smallest absolute Gasteiger partial charge is 0.256 e. The van der Waals surface area contributed by atoms with Gasteiger partial charge < -0.3 is 14.8 Å². The molecule has 156 valence electrons. The third kappa shape index (κ3) is 4.26. The second-order valence-electron chi connectivity index (χ2n) is 7.53. The fourth-order valence-corrected chi connectivity index (χ4v) is 5.34. The predicted molar refractivity (Wildman–Crippen MR) is 109 cm³/mol. The van der Waals surface area contributed by atoms with Gasteiger partial charge in [0.25, 0.3) is 10.0 Å². The van der Waals surface area contributed by atoms with Crippen molar-refractivity contribution in [1.82, 2.24) is 19.5 Å². The lowest BCUT2D eigenvalue weighted by Crippen LogP contribution is -2.54. The van der Waals surface area contributed by atoms with E-state index in [0.29, 0.717) is 35.3 Å². The van der Waals surface area contributed by atoms with E-state index in [2.05, 4.69) is 9.71 Å². The number of nitrogens with one attached hydrogen (secondary N) is 2. The van der Waals surface area contributed by atoms with Crippen molar-refractivity contribution in [1.29, 1.82) is 0 Å². The SMILES string of the molecule is O=C(CN1CCCC(NS(=O)(=O)c2cc3cc(Cl)ccc3[nH]2)C1=O)N1CCCC1. The van der Waals surface area contributed by atoms with Gasteiger partial charge in [0.15, 0.2) is 0 Å². The van der Waals surface area contributed by atoms with Crippen molar-refractivity contribution in [3.63, 3.8) is 0 Å². The van der Waals surface area contributed by atoms with Crippen LogP contribution in [-0.4, -0.2) is 67.2 Å². The molecule has 2 aliphatic rings. The molecule has 2 aromatic rings. The highest BCUT2D eigenvalue weighted by molar-refractivity contribution is 7.89. The monoisotopic (exact) mass is 438 g/mol. The number of rotatable bonds is 5. The number of fused-ring (bicyclic) bond motifs is 1. The standard InChI is InChI=1S/C19H23ClN4O4S/c20-14-5-6-15-13(10-14)11-17(21-15)29(27,28)22-16-4-3-9-24(19(16)26)12-18(25)23-7-1-2-8-23/h5-6,10-11,16,21-22H,1-4,7-9,12H2. The lowest BCUT2D eigenvalue weighted by atomic mass is 10.1. The third-order valence-electron chi connectivity index (χ3n) is 5.46. The Balaban J connectivity index is 1.46. The Bertz CT molecular complexity index is 1050. The minimum absolute atomic E-state index is 0.00193. The molecule has 1 aromatic heterocycles. The molecule has 2 fully saturated rings. The zero-order chi connectivity index (χ0) is 20.6. The summed E-state index contributed by atoms with van der Waals surface area (Å²) in [5.74, 6) is -0.432. The highest BCUT2D eigenvalue weighted by atomic mass is 35.5. The van der Waals surface area contributed by atoms with Gasteiger partial charge in [-0.05, 0) is 49.9 Å². The van der Waals surface area contributed by atoms with E-state index < -0.39 is 16.1 Å². The number of likely N-dealkylation sites (tertiary alicyclic amines) is 2. The molecule has 1 unspecified atom stereocenters. The van der Waals surface area contributed by atoms with Gasteiger partial charge >= 0.3 is 0 Å². The first kappa shape index (κ1) is 20.2. The molecule has 2 N–H and O–H groups in total. The fourth-order valence-electron chi connectivity index (χ4n) is 3.91. The molecule has 3 heterocycles. The van der Waals surface area contributed by atoms with Crippen LogP contribution in [0.1, 0.15) is 25.7 Å². The van der Waals surface area contributed by atoms with Crippen molar-refractivity contribution >= 4 is 44.3 Å². The van der Waals surface area contributed by atoms with E-state index >= 15 is 0 Å². The average molecular weight is 439 g/mol. The summed E-state index contributed by atoms with van der Waals surface area (Å²) in [5, 5.41) is 1.16. The molecule has 0 saturated carbocycles. The van der Waals surface area contributed by atoms with Gasteiger partial charge in [-0.3, -0.25) is 9.59 Å². The van der Waals surface area contributed by atoms with Gasteiger partial charge in [-0.2, -0.15) is 4.72 Å². The molecule has 0 spiro atoms. The number of amides is 2. The first-order chi connectivity index (χ1) is 13.8. The van der Waals surface area contributed by atoms with Crippen molar-refractivity contribution < 1.29 is 18.0 Å². The predicted octanol–water partition coefficient (Wildman–Crippen LogP) is 1.71. The van der Waals surface area contributed by atoms with Gasteiger partial charge in [-0.25, -0.2) is 8.42 Å². The van der Waals surface area contributed by atoms with Crippen molar-refractivity contribution in [3.8, 4) is 0 Å². The van der Waals surface area contributed by atoms with Crippen LogP contribution in [-0.2, 0) is 19.6 Å². The molecule has 0 aliphatic carbocycles. The van der Waals surface area contributed by atoms with Crippen LogP contribution in [0.5, 0.6) is 0 Å². The maximum atomic E-state index is 12.8. The molecular formula is C19H23ClN4O4S. The molecule has 1 atom stereocenters. The van der Waals surface area contributed by atoms with Crippen LogP contribution in [0.25, 0.3) is 10.9 Å². The summed E-state index contributed by atoms with van der Waals surface area (Å²) in [6.45, 7) is 1.91. The van der Waals surface area contributed by atoms with Crippen LogP contribution >= 0.6 is 11.6 Å². The lowest BCUT2D eigenvalue weighted by Gasteiger charge is -2.33. The number of aromatic amines is 1. The number of hydrogen-bond donors (Lipinski definition) is 2. The number of sulfonamides is 1. The first-order valence-electron chi connectivity index (χ1n) is 9.71. The Kier molecular flexibility index (Phi) is 5.54. The molecule has 2 amide bonds. The molecule has 0 radical (unpaired) electrons. The summed E-state index contributed by atoms with van der Waals surface area (Å²) < 4.78 is 28.1. The van der Waals surface area contributed by atoms with Crippen LogP contribution in [0.15, 0.2) is 29.3 Å². The highest BCUT2D eigenvalue weighted by Crippen LogP contribution is 2.23. The van der Waals surface area contributed by atoms with Crippen molar-refractivity contribution in [2.75, 3.05) is 26.2 Å². The van der Waals surface area contributed by atoms with E-state index in [9.17, 15) is 18.0 Å². The second-order valence-corrected chi connectivity index (χ2v) is 9.65. The Labute approximate surface area is 174 Å². The second kappa shape index (κ2) is 7.97. The van der Waals surface area contributed by atoms with E-state index in [1.54, 1.807) is 23.1 Å². The van der Waals surface area contributed by atoms with Gasteiger partial charge in [-0.1, -0.05) is 11.6 Å². The molecule has 8 nitrogen and oxygen atoms in total. The molecule has 1 aromatic carbocycles. The Hall–Kier alpha value is -2.10. The average Bonchev–Trinajstić information content (AvgIpc) is 3.34. The quantitative estimate of drug-likeness (QED) is 0.741. The van der Waals surface area contributed by atoms with Gasteiger partial charge in [0.1, 0.15) is 11.1 Å². The summed E-state index contributed by atoms with van der Waals surface area (Å²) >= 11 is 5.96. The fraction of sp³-hybridized carbons (Fsp3) is 0.474. The number of piperidine rings is 1. The number of halogens is 1. The zero-order valence-electron chi connectivity index (χ0n) is 15.9. The Morgan fingerprint density at radius 1 is 1.17 bits per heavy atom. The highest BCUT2D eigenvalue weighted by Gasteiger charge is 2.34. The molecular weight excluding hydrogens is 416 g/mol. The van der Waals surface area contributed by atoms with Gasteiger partial charge in [-0.15, -0.1) is 0 Å². The van der Waals surface area contributed by atoms with Crippen LogP contribution in [0.3, 0.4) is 0 Å². The third-order valence-corrected chi connectivity index (χ3v) is 7.09. The summed E-state index contributed by atoms with van der Waals surface area (Å²) in [7, 11) is -3.93. The number of H-pyrrole nitrogens is 1. The minimum Gasteiger partial charge on any atom is -0.345 e. The normalized spacial score (nSPS) is 20.6. The molecule has 0 bridgehead atoms. The topological polar surface area (TPSA) is 103 Å². The largest absolute Gasteiger partial charge is 0.345 e. The van der Waals surface area contributed by atoms with Gasteiger partial charge in [0.05, 0.1) is 6.54 Å². The van der Waals surface area contributed by atoms with E-state index in [1.807, 2.05) is 0 Å².